The minimum atomic E-state index is -1.17. The van der Waals surface area contributed by atoms with Crippen LogP contribution >= 0.6 is 0 Å². The predicted octanol–water partition coefficient (Wildman–Crippen LogP) is 3.91. The minimum Gasteiger partial charge on any atom is -0.396 e. The van der Waals surface area contributed by atoms with Gasteiger partial charge in [0.05, 0.1) is 17.7 Å². The second-order valence-corrected chi connectivity index (χ2v) is 12.0. The smallest absolute Gasteiger partial charge is 0.255 e. The van der Waals surface area contributed by atoms with E-state index in [0.29, 0.717) is 56.6 Å². The average Bonchev–Trinajstić information content (AvgIpc) is 3.02. The number of aromatic nitrogens is 1. The second-order valence-electron chi connectivity index (χ2n) is 12.0. The summed E-state index contributed by atoms with van der Waals surface area (Å²) in [7, 11) is 0. The van der Waals surface area contributed by atoms with Gasteiger partial charge in [-0.2, -0.15) is 0 Å². The van der Waals surface area contributed by atoms with Gasteiger partial charge in [-0.3, -0.25) is 14.4 Å². The van der Waals surface area contributed by atoms with Crippen LogP contribution in [0.3, 0.4) is 0 Å². The van der Waals surface area contributed by atoms with E-state index in [2.05, 4.69) is 0 Å². The van der Waals surface area contributed by atoms with E-state index < -0.39 is 5.60 Å². The van der Waals surface area contributed by atoms with Crippen LogP contribution in [0, 0.1) is 5.92 Å². The molecule has 2 aliphatic heterocycles. The van der Waals surface area contributed by atoms with Crippen LogP contribution in [0.5, 0.6) is 0 Å². The molecule has 0 radical (unpaired) electrons. The molecule has 42 heavy (non-hydrogen) atoms. The topological polar surface area (TPSA) is 103 Å². The van der Waals surface area contributed by atoms with Gasteiger partial charge in [-0.1, -0.05) is 67.6 Å². The Labute approximate surface area is 247 Å². The van der Waals surface area contributed by atoms with Crippen LogP contribution in [0.15, 0.2) is 77.7 Å². The number of hydrogen-bond donors (Lipinski definition) is 2. The molecular formula is C34H41N3O5. The first-order valence-electron chi connectivity index (χ1n) is 15.0. The van der Waals surface area contributed by atoms with Crippen molar-refractivity contribution in [2.45, 2.75) is 57.1 Å². The summed E-state index contributed by atoms with van der Waals surface area (Å²) in [6.45, 7) is 4.15. The number of hydrogen-bond acceptors (Lipinski definition) is 5. The van der Waals surface area contributed by atoms with Crippen LogP contribution in [0.1, 0.15) is 60.9 Å². The molecule has 1 atom stereocenters. The molecule has 1 unspecified atom stereocenters. The summed E-state index contributed by atoms with van der Waals surface area (Å²) < 4.78 is 1.45. The lowest BCUT2D eigenvalue weighted by molar-refractivity contribution is -0.136. The quantitative estimate of drug-likeness (QED) is 0.427. The van der Waals surface area contributed by atoms with E-state index >= 15 is 0 Å². The fourth-order valence-electron chi connectivity index (χ4n) is 6.15. The number of nitrogens with zero attached hydrogens (tertiary/aromatic N) is 3. The number of benzene rings is 2. The van der Waals surface area contributed by atoms with Gasteiger partial charge >= 0.3 is 0 Å². The third-order valence-electron chi connectivity index (χ3n) is 8.96. The maximum atomic E-state index is 13.8. The summed E-state index contributed by atoms with van der Waals surface area (Å²) in [6, 6.07) is 20.9. The van der Waals surface area contributed by atoms with E-state index in [9.17, 15) is 24.6 Å². The third kappa shape index (κ3) is 6.82. The first-order chi connectivity index (χ1) is 20.3. The third-order valence-corrected chi connectivity index (χ3v) is 8.96. The van der Waals surface area contributed by atoms with E-state index in [1.54, 1.807) is 16.0 Å². The molecule has 2 saturated heterocycles. The zero-order valence-corrected chi connectivity index (χ0v) is 24.3. The molecule has 2 amide bonds. The molecule has 2 aliphatic rings. The summed E-state index contributed by atoms with van der Waals surface area (Å²) in [5.74, 6) is 0.214. The van der Waals surface area contributed by atoms with Crippen molar-refractivity contribution in [1.82, 2.24) is 14.4 Å². The normalized spacial score (nSPS) is 18.1. The Hall–Kier alpha value is -3.75. The molecule has 1 aromatic heterocycles. The van der Waals surface area contributed by atoms with E-state index in [1.807, 2.05) is 67.6 Å². The molecule has 0 aliphatic carbocycles. The summed E-state index contributed by atoms with van der Waals surface area (Å²) in [5, 5.41) is 21.0. The molecule has 2 aromatic carbocycles. The van der Waals surface area contributed by atoms with Crippen molar-refractivity contribution in [2.75, 3.05) is 32.8 Å². The number of aliphatic hydroxyl groups excluding tert-OH is 1. The molecule has 3 heterocycles. The Morgan fingerprint density at radius 3 is 2.17 bits per heavy atom. The highest BCUT2D eigenvalue weighted by Gasteiger charge is 2.35. The maximum Gasteiger partial charge on any atom is 0.255 e. The van der Waals surface area contributed by atoms with Gasteiger partial charge in [-0.05, 0) is 48.6 Å². The Balaban J connectivity index is 1.31. The average molecular weight is 572 g/mol. The molecule has 2 fully saturated rings. The number of amides is 2. The van der Waals surface area contributed by atoms with E-state index in [1.165, 1.54) is 10.6 Å². The first-order valence-corrected chi connectivity index (χ1v) is 15.0. The van der Waals surface area contributed by atoms with Gasteiger partial charge in [0, 0.05) is 57.0 Å². The van der Waals surface area contributed by atoms with Crippen LogP contribution < -0.4 is 5.56 Å². The van der Waals surface area contributed by atoms with Crippen molar-refractivity contribution in [2.24, 2.45) is 5.92 Å². The molecule has 0 spiro atoms. The zero-order chi connectivity index (χ0) is 29.7. The SMILES string of the molecule is CC(CC(=O)N1CCC(O)(Cn2cc(C(=O)N3CCC(CO)CC3)c(-c3ccccc3)cc2=O)CC1)c1ccccc1. The van der Waals surface area contributed by atoms with Gasteiger partial charge in [-0.15, -0.1) is 0 Å². The fourth-order valence-corrected chi connectivity index (χ4v) is 6.15. The van der Waals surface area contributed by atoms with Gasteiger partial charge in [0.1, 0.15) is 0 Å². The molecule has 5 rings (SSSR count). The van der Waals surface area contributed by atoms with Crippen LogP contribution in [0.4, 0.5) is 0 Å². The zero-order valence-electron chi connectivity index (χ0n) is 24.3. The standard InChI is InChI=1S/C34H41N3O5/c1-25(27-8-4-2-5-9-27)20-31(39)35-18-14-34(42,15-19-35)24-37-22-30(33(41)36-16-12-26(23-38)13-17-36)29(21-32(37)40)28-10-6-3-7-11-28/h2-11,21-22,25-26,38,42H,12-20,23-24H2,1H3. The fraction of sp³-hybridized carbons (Fsp3) is 0.441. The van der Waals surface area contributed by atoms with Crippen LogP contribution in [-0.2, 0) is 11.3 Å². The Morgan fingerprint density at radius 1 is 0.929 bits per heavy atom. The van der Waals surface area contributed by atoms with E-state index in [-0.39, 0.29) is 42.4 Å². The minimum absolute atomic E-state index is 0.0518. The monoisotopic (exact) mass is 571 g/mol. The van der Waals surface area contributed by atoms with Gasteiger partial charge < -0.3 is 24.6 Å². The van der Waals surface area contributed by atoms with Crippen molar-refractivity contribution in [1.29, 1.82) is 0 Å². The molecule has 8 heteroatoms. The number of aliphatic hydroxyl groups is 2. The largest absolute Gasteiger partial charge is 0.396 e. The van der Waals surface area contributed by atoms with Crippen LogP contribution in [0.25, 0.3) is 11.1 Å². The molecule has 222 valence electrons. The first kappa shape index (κ1) is 29.7. The highest BCUT2D eigenvalue weighted by atomic mass is 16.3. The number of rotatable bonds is 8. The van der Waals surface area contributed by atoms with E-state index in [4.69, 9.17) is 0 Å². The lowest BCUT2D eigenvalue weighted by Gasteiger charge is -2.39. The van der Waals surface area contributed by atoms with Crippen molar-refractivity contribution in [3.05, 3.63) is 94.4 Å². The molecule has 0 bridgehead atoms. The van der Waals surface area contributed by atoms with Gasteiger partial charge in [0.25, 0.3) is 11.5 Å². The Morgan fingerprint density at radius 2 is 1.55 bits per heavy atom. The molecule has 0 saturated carbocycles. The highest BCUT2D eigenvalue weighted by Crippen LogP contribution is 2.29. The lowest BCUT2D eigenvalue weighted by Crippen LogP contribution is -2.50. The number of pyridine rings is 1. The Kier molecular flexibility index (Phi) is 9.24. The van der Waals surface area contributed by atoms with E-state index in [0.717, 1.165) is 24.0 Å². The van der Waals surface area contributed by atoms with Crippen molar-refractivity contribution >= 4 is 11.8 Å². The molecule has 2 N–H and O–H groups in total. The number of piperidine rings is 2. The Bertz CT molecular complexity index is 1420. The van der Waals surface area contributed by atoms with Crippen LogP contribution in [-0.4, -0.2) is 74.8 Å². The summed E-state index contributed by atoms with van der Waals surface area (Å²) in [6.07, 6.45) is 4.18. The molecular weight excluding hydrogens is 530 g/mol. The maximum absolute atomic E-state index is 13.8. The van der Waals surface area contributed by atoms with Crippen molar-refractivity contribution < 1.29 is 19.8 Å². The predicted molar refractivity (Wildman–Crippen MR) is 162 cm³/mol. The van der Waals surface area contributed by atoms with Gasteiger partial charge in [0.2, 0.25) is 5.91 Å². The molecule has 8 nitrogen and oxygen atoms in total. The lowest BCUT2D eigenvalue weighted by atomic mass is 9.90. The summed E-state index contributed by atoms with van der Waals surface area (Å²) >= 11 is 0. The molecule has 3 aromatic rings. The number of likely N-dealkylation sites (tertiary alicyclic amines) is 2. The summed E-state index contributed by atoms with van der Waals surface area (Å²) in [4.78, 5) is 43.7. The van der Waals surface area contributed by atoms with Crippen LogP contribution in [0.2, 0.25) is 0 Å². The number of carbonyl (C=O) groups excluding carboxylic acids is 2. The van der Waals surface area contributed by atoms with Crippen molar-refractivity contribution in [3.8, 4) is 11.1 Å². The number of carbonyl (C=O) groups is 2. The summed E-state index contributed by atoms with van der Waals surface area (Å²) in [5.41, 5.74) is 1.46. The van der Waals surface area contributed by atoms with Crippen molar-refractivity contribution in [3.63, 3.8) is 0 Å². The van der Waals surface area contributed by atoms with Gasteiger partial charge in [0.15, 0.2) is 0 Å². The second kappa shape index (κ2) is 13.0. The highest BCUT2D eigenvalue weighted by molar-refractivity contribution is 6.00. The van der Waals surface area contributed by atoms with Gasteiger partial charge in [-0.25, -0.2) is 0 Å².